The first-order valence-corrected chi connectivity index (χ1v) is 10.5. The van der Waals surface area contributed by atoms with Crippen LogP contribution in [0.2, 0.25) is 5.02 Å². The van der Waals surface area contributed by atoms with Crippen molar-refractivity contribution < 1.29 is 9.21 Å². The summed E-state index contributed by atoms with van der Waals surface area (Å²) in [4.78, 5) is 32.4. The van der Waals surface area contributed by atoms with E-state index in [1.165, 1.54) is 11.8 Å². The average molecular weight is 418 g/mol. The van der Waals surface area contributed by atoms with Gasteiger partial charge in [0, 0.05) is 18.1 Å². The summed E-state index contributed by atoms with van der Waals surface area (Å²) in [6, 6.07) is 8.62. The lowest BCUT2D eigenvalue weighted by molar-refractivity contribution is -0.129. The van der Waals surface area contributed by atoms with E-state index in [1.807, 2.05) is 17.9 Å². The molecule has 3 heterocycles. The molecule has 8 heteroatoms. The topological polar surface area (TPSA) is 68.3 Å². The minimum atomic E-state index is -0.343. The number of furan rings is 1. The van der Waals surface area contributed by atoms with E-state index in [0.29, 0.717) is 26.8 Å². The van der Waals surface area contributed by atoms with Crippen LogP contribution in [0.5, 0.6) is 0 Å². The van der Waals surface area contributed by atoms with Crippen molar-refractivity contribution in [1.29, 1.82) is 0 Å². The largest absolute Gasteiger partial charge is 0.467 e. The highest BCUT2D eigenvalue weighted by Crippen LogP contribution is 2.26. The number of fused-ring (bicyclic) bond motifs is 1. The summed E-state index contributed by atoms with van der Waals surface area (Å²) in [5, 5.41) is 1.14. The molecular weight excluding hydrogens is 398 g/mol. The van der Waals surface area contributed by atoms with Gasteiger partial charge in [-0.3, -0.25) is 14.2 Å². The maximum atomic E-state index is 13.1. The molecule has 28 heavy (non-hydrogen) atoms. The fourth-order valence-corrected chi connectivity index (χ4v) is 4.52. The Labute approximate surface area is 171 Å². The van der Waals surface area contributed by atoms with Crippen molar-refractivity contribution in [2.75, 3.05) is 13.1 Å². The number of amides is 1. The summed E-state index contributed by atoms with van der Waals surface area (Å²) >= 11 is 7.39. The normalized spacial score (nSPS) is 15.3. The van der Waals surface area contributed by atoms with Gasteiger partial charge in [-0.25, -0.2) is 4.98 Å². The number of aromatic nitrogens is 2. The van der Waals surface area contributed by atoms with Crippen molar-refractivity contribution >= 4 is 40.2 Å². The highest BCUT2D eigenvalue weighted by Gasteiger charge is 2.26. The van der Waals surface area contributed by atoms with Gasteiger partial charge in [-0.1, -0.05) is 23.4 Å². The first-order valence-electron chi connectivity index (χ1n) is 9.21. The van der Waals surface area contributed by atoms with Crippen molar-refractivity contribution in [1.82, 2.24) is 14.5 Å². The van der Waals surface area contributed by atoms with Crippen LogP contribution in [0.4, 0.5) is 0 Å². The van der Waals surface area contributed by atoms with Gasteiger partial charge < -0.3 is 9.32 Å². The van der Waals surface area contributed by atoms with E-state index in [-0.39, 0.29) is 23.3 Å². The zero-order chi connectivity index (χ0) is 19.7. The van der Waals surface area contributed by atoms with Gasteiger partial charge in [-0.05, 0) is 50.1 Å². The molecular formula is C20H20ClN3O3S. The molecule has 1 aliphatic rings. The number of hydrogen-bond acceptors (Lipinski definition) is 5. The fourth-order valence-electron chi connectivity index (χ4n) is 3.36. The molecule has 6 nitrogen and oxygen atoms in total. The van der Waals surface area contributed by atoms with E-state index >= 15 is 0 Å². The number of rotatable bonds is 5. The van der Waals surface area contributed by atoms with Crippen molar-refractivity contribution in [3.8, 4) is 0 Å². The number of nitrogens with zero attached hydrogens (tertiary/aromatic N) is 3. The van der Waals surface area contributed by atoms with Crippen LogP contribution in [0.3, 0.4) is 0 Å². The van der Waals surface area contributed by atoms with Crippen molar-refractivity contribution in [2.45, 2.75) is 36.7 Å². The summed E-state index contributed by atoms with van der Waals surface area (Å²) in [5.74, 6) is 0.727. The maximum Gasteiger partial charge on any atom is 0.262 e. The molecule has 0 bridgehead atoms. The SMILES string of the molecule is C[C@@H](Sc1nc2cc(Cl)ccc2c(=O)n1Cc1ccco1)C(=O)N1CCCC1. The monoisotopic (exact) mass is 417 g/mol. The van der Waals surface area contributed by atoms with Crippen LogP contribution in [0.1, 0.15) is 25.5 Å². The number of halogens is 1. The lowest BCUT2D eigenvalue weighted by Gasteiger charge is -2.21. The fraction of sp³-hybridized carbons (Fsp3) is 0.350. The predicted octanol–water partition coefficient (Wildman–Crippen LogP) is 3.79. The van der Waals surface area contributed by atoms with Crippen molar-refractivity contribution in [3.05, 3.63) is 57.7 Å². The third kappa shape index (κ3) is 3.82. The van der Waals surface area contributed by atoms with Gasteiger partial charge in [-0.2, -0.15) is 0 Å². The van der Waals surface area contributed by atoms with E-state index < -0.39 is 0 Å². The van der Waals surface area contributed by atoms with Crippen LogP contribution in [-0.4, -0.2) is 38.7 Å². The smallest absolute Gasteiger partial charge is 0.262 e. The molecule has 1 saturated heterocycles. The molecule has 0 saturated carbocycles. The van der Waals surface area contributed by atoms with Crippen LogP contribution < -0.4 is 5.56 Å². The van der Waals surface area contributed by atoms with Gasteiger partial charge in [0.05, 0.1) is 29.0 Å². The molecule has 3 aromatic rings. The predicted molar refractivity (Wildman–Crippen MR) is 110 cm³/mol. The zero-order valence-electron chi connectivity index (χ0n) is 15.4. The molecule has 1 atom stereocenters. The van der Waals surface area contributed by atoms with Crippen LogP contribution in [0.25, 0.3) is 10.9 Å². The summed E-state index contributed by atoms with van der Waals surface area (Å²) in [6.45, 7) is 3.70. The number of benzene rings is 1. The number of carbonyl (C=O) groups excluding carboxylic acids is 1. The minimum Gasteiger partial charge on any atom is -0.467 e. The molecule has 1 aliphatic heterocycles. The van der Waals surface area contributed by atoms with E-state index in [9.17, 15) is 9.59 Å². The average Bonchev–Trinajstić information content (AvgIpc) is 3.38. The molecule has 1 amide bonds. The minimum absolute atomic E-state index is 0.0764. The quantitative estimate of drug-likeness (QED) is 0.466. The van der Waals surface area contributed by atoms with Gasteiger partial charge in [-0.15, -0.1) is 0 Å². The van der Waals surface area contributed by atoms with E-state index in [4.69, 9.17) is 16.0 Å². The van der Waals surface area contributed by atoms with E-state index in [0.717, 1.165) is 25.9 Å². The Morgan fingerprint density at radius 2 is 2.11 bits per heavy atom. The molecule has 0 aliphatic carbocycles. The maximum absolute atomic E-state index is 13.1. The van der Waals surface area contributed by atoms with Gasteiger partial charge in [0.1, 0.15) is 5.76 Å². The zero-order valence-corrected chi connectivity index (χ0v) is 17.0. The van der Waals surface area contributed by atoms with Gasteiger partial charge in [0.15, 0.2) is 5.16 Å². The Morgan fingerprint density at radius 3 is 2.82 bits per heavy atom. The summed E-state index contributed by atoms with van der Waals surface area (Å²) < 4.78 is 6.98. The summed E-state index contributed by atoms with van der Waals surface area (Å²) in [6.07, 6.45) is 3.65. The molecule has 0 N–H and O–H groups in total. The third-order valence-corrected chi connectivity index (χ3v) is 6.14. The second kappa shape index (κ2) is 8.01. The Hall–Kier alpha value is -2.25. The van der Waals surface area contributed by atoms with Crippen molar-refractivity contribution in [2.24, 2.45) is 0 Å². The van der Waals surface area contributed by atoms with Gasteiger partial charge in [0.25, 0.3) is 5.56 Å². The first kappa shape index (κ1) is 19.1. The molecule has 0 unspecified atom stereocenters. The van der Waals surface area contributed by atoms with E-state index in [1.54, 1.807) is 35.1 Å². The highest BCUT2D eigenvalue weighted by atomic mass is 35.5. The Bertz CT molecular complexity index is 1060. The second-order valence-corrected chi connectivity index (χ2v) is 8.56. The Balaban J connectivity index is 1.73. The highest BCUT2D eigenvalue weighted by molar-refractivity contribution is 8.00. The van der Waals surface area contributed by atoms with Crippen LogP contribution in [0, 0.1) is 0 Å². The first-order chi connectivity index (χ1) is 13.5. The number of likely N-dealkylation sites (tertiary alicyclic amines) is 1. The standard InChI is InChI=1S/C20H20ClN3O3S/c1-13(18(25)23-8-2-3-9-23)28-20-22-17-11-14(21)6-7-16(17)19(26)24(20)12-15-5-4-10-27-15/h4-7,10-11,13H,2-3,8-9,12H2,1H3/t13-/m1/s1. The lowest BCUT2D eigenvalue weighted by Crippen LogP contribution is -2.34. The molecule has 2 aromatic heterocycles. The molecule has 1 fully saturated rings. The van der Waals surface area contributed by atoms with Crippen LogP contribution in [0.15, 0.2) is 51.0 Å². The number of thioether (sulfide) groups is 1. The number of carbonyl (C=O) groups is 1. The molecule has 0 radical (unpaired) electrons. The van der Waals surface area contributed by atoms with Crippen LogP contribution in [-0.2, 0) is 11.3 Å². The van der Waals surface area contributed by atoms with Crippen LogP contribution >= 0.6 is 23.4 Å². The Morgan fingerprint density at radius 1 is 1.32 bits per heavy atom. The second-order valence-electron chi connectivity index (χ2n) is 6.82. The van der Waals surface area contributed by atoms with E-state index in [2.05, 4.69) is 4.98 Å². The van der Waals surface area contributed by atoms with Gasteiger partial charge in [0.2, 0.25) is 5.91 Å². The van der Waals surface area contributed by atoms with Crippen molar-refractivity contribution in [3.63, 3.8) is 0 Å². The van der Waals surface area contributed by atoms with Gasteiger partial charge >= 0.3 is 0 Å². The molecule has 4 rings (SSSR count). The molecule has 146 valence electrons. The summed E-state index contributed by atoms with van der Waals surface area (Å²) in [7, 11) is 0. The third-order valence-electron chi connectivity index (χ3n) is 4.82. The molecule has 1 aromatic carbocycles. The Kier molecular flexibility index (Phi) is 5.46. The molecule has 0 spiro atoms. The summed E-state index contributed by atoms with van der Waals surface area (Å²) in [5.41, 5.74) is 0.345. The lowest BCUT2D eigenvalue weighted by atomic mass is 10.2. The number of hydrogen-bond donors (Lipinski definition) is 0.